The molecule has 0 aromatic carbocycles. The van der Waals surface area contributed by atoms with Crippen molar-refractivity contribution in [1.82, 2.24) is 5.06 Å². The third kappa shape index (κ3) is 4.54. The van der Waals surface area contributed by atoms with Crippen LogP contribution in [0, 0.1) is 5.92 Å². The molecular weight excluding hydrogens is 342 g/mol. The van der Waals surface area contributed by atoms with Crippen molar-refractivity contribution >= 4 is 11.9 Å². The summed E-state index contributed by atoms with van der Waals surface area (Å²) in [5.74, 6) is -2.00. The van der Waals surface area contributed by atoms with E-state index < -0.39 is 47.3 Å². The van der Waals surface area contributed by atoms with Crippen LogP contribution >= 0.6 is 0 Å². The Morgan fingerprint density at radius 2 is 1.46 bits per heavy atom. The molecule has 5 atom stereocenters. The smallest absolute Gasteiger partial charge is 0.338 e. The average Bonchev–Trinajstić information content (AvgIpc) is 3.00. The Labute approximate surface area is 155 Å². The Kier molecular flexibility index (Phi) is 6.02. The summed E-state index contributed by atoms with van der Waals surface area (Å²) in [5.41, 5.74) is -0.864. The first-order valence-electron chi connectivity index (χ1n) is 8.82. The first kappa shape index (κ1) is 21.1. The topological polar surface area (TPSA) is 83.5 Å². The number of hydrogen-bond donors (Lipinski definition) is 0. The molecule has 2 heterocycles. The summed E-state index contributed by atoms with van der Waals surface area (Å²) >= 11 is 0. The lowest BCUT2D eigenvalue weighted by Crippen LogP contribution is -2.49. The van der Waals surface area contributed by atoms with Crippen LogP contribution in [0.3, 0.4) is 0 Å². The molecule has 0 amide bonds. The highest BCUT2D eigenvalue weighted by molar-refractivity contribution is 5.85. The van der Waals surface area contributed by atoms with E-state index in [1.807, 2.05) is 41.5 Å². The van der Waals surface area contributed by atoms with Crippen molar-refractivity contribution in [3.05, 3.63) is 0 Å². The normalized spacial score (nSPS) is 32.4. The molecule has 0 aromatic rings. The lowest BCUT2D eigenvalue weighted by atomic mass is 9.90. The molecule has 150 valence electrons. The summed E-state index contributed by atoms with van der Waals surface area (Å²) in [5, 5.41) is 1.61. The van der Waals surface area contributed by atoms with Gasteiger partial charge in [0.1, 0.15) is 18.1 Å². The maximum Gasteiger partial charge on any atom is 0.338 e. The van der Waals surface area contributed by atoms with Gasteiger partial charge in [-0.15, -0.1) is 0 Å². The molecular formula is C18H31NO7. The Bertz CT molecular complexity index is 537. The lowest BCUT2D eigenvalue weighted by molar-refractivity contribution is -0.189. The standard InChI is InChI=1S/C18H31NO7/c1-17(2,3)24-10-9-19-12(13(10)25-18(4,5)6)11(15(20)22-7)14(26-19)16(21)23-8/h10-14H,9H2,1-8H3/t10?,11-,12+,13-,14+/m0/s1. The maximum absolute atomic E-state index is 12.5. The van der Waals surface area contributed by atoms with Crippen molar-refractivity contribution in [3.8, 4) is 0 Å². The van der Waals surface area contributed by atoms with E-state index in [0.29, 0.717) is 6.54 Å². The lowest BCUT2D eigenvalue weighted by Gasteiger charge is -2.35. The van der Waals surface area contributed by atoms with Crippen molar-refractivity contribution in [2.24, 2.45) is 5.92 Å². The minimum Gasteiger partial charge on any atom is -0.469 e. The van der Waals surface area contributed by atoms with Gasteiger partial charge in [-0.1, -0.05) is 0 Å². The van der Waals surface area contributed by atoms with Crippen LogP contribution in [0.4, 0.5) is 0 Å². The van der Waals surface area contributed by atoms with E-state index in [1.54, 1.807) is 5.06 Å². The number of methoxy groups -OCH3 is 2. The minimum absolute atomic E-state index is 0.315. The van der Waals surface area contributed by atoms with Gasteiger partial charge in [0.25, 0.3) is 0 Å². The van der Waals surface area contributed by atoms with E-state index in [4.69, 9.17) is 23.8 Å². The molecule has 2 aliphatic rings. The van der Waals surface area contributed by atoms with Gasteiger partial charge in [-0.05, 0) is 41.5 Å². The molecule has 0 saturated carbocycles. The van der Waals surface area contributed by atoms with E-state index in [2.05, 4.69) is 0 Å². The number of hydroxylamine groups is 2. The first-order chi connectivity index (χ1) is 11.9. The predicted molar refractivity (Wildman–Crippen MR) is 92.1 cm³/mol. The zero-order chi connectivity index (χ0) is 19.9. The van der Waals surface area contributed by atoms with Crippen molar-refractivity contribution in [1.29, 1.82) is 0 Å². The van der Waals surface area contributed by atoms with Gasteiger partial charge in [0.2, 0.25) is 0 Å². The molecule has 2 rings (SSSR count). The first-order valence-corrected chi connectivity index (χ1v) is 8.82. The van der Waals surface area contributed by atoms with Gasteiger partial charge in [-0.2, -0.15) is 5.06 Å². The highest BCUT2D eigenvalue weighted by atomic mass is 16.7. The van der Waals surface area contributed by atoms with Crippen LogP contribution in [0.15, 0.2) is 0 Å². The third-order valence-electron chi connectivity index (χ3n) is 4.24. The number of carbonyl (C=O) groups is 2. The van der Waals surface area contributed by atoms with Crippen LogP contribution in [0.25, 0.3) is 0 Å². The molecule has 0 aromatic heterocycles. The summed E-state index contributed by atoms with van der Waals surface area (Å²) in [6, 6.07) is -0.502. The van der Waals surface area contributed by atoms with Gasteiger partial charge in [0, 0.05) is 0 Å². The number of ether oxygens (including phenoxy) is 4. The van der Waals surface area contributed by atoms with E-state index in [9.17, 15) is 9.59 Å². The van der Waals surface area contributed by atoms with E-state index in [0.717, 1.165) is 0 Å². The summed E-state index contributed by atoms with van der Waals surface area (Å²) in [7, 11) is 2.55. The molecule has 8 nitrogen and oxygen atoms in total. The second-order valence-electron chi connectivity index (χ2n) is 8.65. The van der Waals surface area contributed by atoms with Crippen LogP contribution < -0.4 is 0 Å². The minimum atomic E-state index is -1.06. The maximum atomic E-state index is 12.5. The fourth-order valence-electron chi connectivity index (χ4n) is 3.49. The SMILES string of the molecule is COC(=O)[C@H]1[C@@H]2[C@@H](OC(C)(C)C)C(OC(C)(C)C)CN2O[C@H]1C(=O)OC. The van der Waals surface area contributed by atoms with Crippen molar-refractivity contribution in [3.63, 3.8) is 0 Å². The largest absolute Gasteiger partial charge is 0.469 e. The Balaban J connectivity index is 2.37. The Morgan fingerprint density at radius 1 is 0.923 bits per heavy atom. The van der Waals surface area contributed by atoms with E-state index in [-0.39, 0.29) is 6.10 Å². The summed E-state index contributed by atoms with van der Waals surface area (Å²) < 4.78 is 22.1. The van der Waals surface area contributed by atoms with Crippen LogP contribution in [-0.4, -0.2) is 73.3 Å². The Hall–Kier alpha value is -1.22. The van der Waals surface area contributed by atoms with Gasteiger partial charge >= 0.3 is 11.9 Å². The van der Waals surface area contributed by atoms with Crippen LogP contribution in [0.1, 0.15) is 41.5 Å². The van der Waals surface area contributed by atoms with E-state index >= 15 is 0 Å². The number of hydrogen-bond acceptors (Lipinski definition) is 8. The summed E-state index contributed by atoms with van der Waals surface area (Å²) in [6.45, 7) is 12.1. The zero-order valence-electron chi connectivity index (χ0n) is 16.9. The van der Waals surface area contributed by atoms with Crippen LogP contribution in [-0.2, 0) is 33.4 Å². The van der Waals surface area contributed by atoms with Gasteiger partial charge in [0.15, 0.2) is 6.10 Å². The highest BCUT2D eigenvalue weighted by Crippen LogP contribution is 2.41. The summed E-state index contributed by atoms with van der Waals surface area (Å²) in [4.78, 5) is 30.3. The second-order valence-corrected chi connectivity index (χ2v) is 8.65. The molecule has 2 aliphatic heterocycles. The van der Waals surface area contributed by atoms with E-state index in [1.165, 1.54) is 14.2 Å². The zero-order valence-corrected chi connectivity index (χ0v) is 16.9. The fraction of sp³-hybridized carbons (Fsp3) is 0.889. The molecule has 0 spiro atoms. The molecule has 2 fully saturated rings. The monoisotopic (exact) mass is 373 g/mol. The molecule has 2 saturated heterocycles. The number of rotatable bonds is 4. The number of nitrogens with zero attached hydrogens (tertiary/aromatic N) is 1. The van der Waals surface area contributed by atoms with Crippen molar-refractivity contribution in [2.45, 2.75) is 77.1 Å². The summed E-state index contributed by atoms with van der Waals surface area (Å²) in [6.07, 6.45) is -1.84. The molecule has 26 heavy (non-hydrogen) atoms. The molecule has 1 unspecified atom stereocenters. The molecule has 0 aliphatic carbocycles. The molecule has 0 bridgehead atoms. The Morgan fingerprint density at radius 3 is 1.92 bits per heavy atom. The van der Waals surface area contributed by atoms with Crippen LogP contribution in [0.2, 0.25) is 0 Å². The quantitative estimate of drug-likeness (QED) is 0.682. The molecule has 0 radical (unpaired) electrons. The number of fused-ring (bicyclic) bond motifs is 1. The fourth-order valence-corrected chi connectivity index (χ4v) is 3.49. The second kappa shape index (κ2) is 7.42. The van der Waals surface area contributed by atoms with Gasteiger partial charge in [0.05, 0.1) is 38.0 Å². The van der Waals surface area contributed by atoms with Crippen LogP contribution in [0.5, 0.6) is 0 Å². The van der Waals surface area contributed by atoms with Gasteiger partial charge in [-0.3, -0.25) is 9.63 Å². The van der Waals surface area contributed by atoms with Gasteiger partial charge in [-0.25, -0.2) is 4.79 Å². The average molecular weight is 373 g/mol. The van der Waals surface area contributed by atoms with Gasteiger partial charge < -0.3 is 18.9 Å². The third-order valence-corrected chi connectivity index (χ3v) is 4.24. The highest BCUT2D eigenvalue weighted by Gasteiger charge is 2.61. The predicted octanol–water partition coefficient (Wildman–Crippen LogP) is 1.31. The molecule has 8 heteroatoms. The van der Waals surface area contributed by atoms with Crippen molar-refractivity contribution < 1.29 is 33.4 Å². The number of carbonyl (C=O) groups excluding carboxylic acids is 2. The number of esters is 2. The van der Waals surface area contributed by atoms with Crippen molar-refractivity contribution in [2.75, 3.05) is 20.8 Å². The molecule has 0 N–H and O–H groups in total.